The fraction of sp³-hybridized carbons (Fsp3) is 0.150. The first kappa shape index (κ1) is 15.3. The highest BCUT2D eigenvalue weighted by Gasteiger charge is 2.11. The van der Waals surface area contributed by atoms with Crippen LogP contribution in [0.2, 0.25) is 0 Å². The summed E-state index contributed by atoms with van der Waals surface area (Å²) >= 11 is 0. The minimum Gasteiger partial charge on any atom is -0.406 e. The Kier molecular flexibility index (Phi) is 3.69. The summed E-state index contributed by atoms with van der Waals surface area (Å²) in [6.07, 6.45) is 1.85. The average molecular weight is 331 g/mol. The van der Waals surface area contributed by atoms with Crippen LogP contribution >= 0.6 is 0 Å². The highest BCUT2D eigenvalue weighted by Crippen LogP contribution is 2.20. The van der Waals surface area contributed by atoms with Gasteiger partial charge in [0.25, 0.3) is 0 Å². The Balaban J connectivity index is 1.73. The lowest BCUT2D eigenvalue weighted by Crippen LogP contribution is -2.15. The first-order chi connectivity index (χ1) is 12.1. The molecular formula is C20H17N3O2. The summed E-state index contributed by atoms with van der Waals surface area (Å²) in [6.45, 7) is 4.31. The predicted octanol–water partition coefficient (Wildman–Crippen LogP) is 3.72. The van der Waals surface area contributed by atoms with E-state index in [1.165, 1.54) is 0 Å². The Morgan fingerprint density at radius 1 is 1.08 bits per heavy atom. The van der Waals surface area contributed by atoms with Crippen molar-refractivity contribution in [3.05, 3.63) is 82.1 Å². The number of aryl methyl sites for hydroxylation is 2. The highest BCUT2D eigenvalue weighted by atomic mass is 16.4. The van der Waals surface area contributed by atoms with Crippen LogP contribution in [0.5, 0.6) is 0 Å². The van der Waals surface area contributed by atoms with Gasteiger partial charge < -0.3 is 4.42 Å². The maximum Gasteiger partial charge on any atom is 0.421 e. The maximum atomic E-state index is 12.2. The Morgan fingerprint density at radius 2 is 1.96 bits per heavy atom. The molecule has 124 valence electrons. The topological polar surface area (TPSA) is 60.9 Å². The van der Waals surface area contributed by atoms with E-state index in [1.807, 2.05) is 62.5 Å². The van der Waals surface area contributed by atoms with Gasteiger partial charge in [-0.25, -0.2) is 9.78 Å². The van der Waals surface area contributed by atoms with Crippen molar-refractivity contribution in [1.29, 1.82) is 0 Å². The molecule has 0 amide bonds. The quantitative estimate of drug-likeness (QED) is 0.574. The number of hydrogen-bond donors (Lipinski definition) is 0. The van der Waals surface area contributed by atoms with Gasteiger partial charge in [-0.05, 0) is 49.2 Å². The van der Waals surface area contributed by atoms with Gasteiger partial charge in [0.1, 0.15) is 0 Å². The third-order valence-corrected chi connectivity index (χ3v) is 4.13. The van der Waals surface area contributed by atoms with Crippen LogP contribution in [0.15, 0.2) is 63.9 Å². The van der Waals surface area contributed by atoms with Gasteiger partial charge in [-0.3, -0.25) is 9.55 Å². The van der Waals surface area contributed by atoms with E-state index in [4.69, 9.17) is 4.42 Å². The minimum atomic E-state index is -0.396. The standard InChI is InChI=1S/C20H17N3O2/c1-13-6-8-17(21-11-13)16-5-3-4-15(10-16)12-23-19-18(25-20(23)24)9-7-14(2)22-19/h3-11H,12H2,1-2H3. The molecule has 3 aromatic heterocycles. The summed E-state index contributed by atoms with van der Waals surface area (Å²) in [5.74, 6) is -0.396. The number of aromatic nitrogens is 3. The van der Waals surface area contributed by atoms with Crippen molar-refractivity contribution in [3.8, 4) is 11.3 Å². The molecule has 0 radical (unpaired) electrons. The van der Waals surface area contributed by atoms with E-state index in [9.17, 15) is 4.79 Å². The molecule has 0 unspecified atom stereocenters. The van der Waals surface area contributed by atoms with Crippen molar-refractivity contribution >= 4 is 11.2 Å². The Hall–Kier alpha value is -3.21. The van der Waals surface area contributed by atoms with Gasteiger partial charge in [-0.15, -0.1) is 0 Å². The summed E-state index contributed by atoms with van der Waals surface area (Å²) in [5.41, 5.74) is 5.97. The van der Waals surface area contributed by atoms with Crippen molar-refractivity contribution in [2.75, 3.05) is 0 Å². The Morgan fingerprint density at radius 3 is 2.76 bits per heavy atom. The van der Waals surface area contributed by atoms with Gasteiger partial charge in [0.05, 0.1) is 12.2 Å². The van der Waals surface area contributed by atoms with Crippen molar-refractivity contribution in [2.24, 2.45) is 0 Å². The first-order valence-corrected chi connectivity index (χ1v) is 8.09. The van der Waals surface area contributed by atoms with Crippen LogP contribution in [0.3, 0.4) is 0 Å². The van der Waals surface area contributed by atoms with Crippen LogP contribution in [-0.2, 0) is 6.54 Å². The first-order valence-electron chi connectivity index (χ1n) is 8.09. The van der Waals surface area contributed by atoms with Crippen LogP contribution in [0, 0.1) is 13.8 Å². The van der Waals surface area contributed by atoms with Crippen molar-refractivity contribution in [1.82, 2.24) is 14.5 Å². The lowest BCUT2D eigenvalue weighted by Gasteiger charge is -2.06. The van der Waals surface area contributed by atoms with Gasteiger partial charge in [0.15, 0.2) is 11.2 Å². The van der Waals surface area contributed by atoms with E-state index >= 15 is 0 Å². The molecule has 5 nitrogen and oxygen atoms in total. The van der Waals surface area contributed by atoms with Gasteiger partial charge >= 0.3 is 5.76 Å². The van der Waals surface area contributed by atoms with Gasteiger partial charge in [0.2, 0.25) is 0 Å². The highest BCUT2D eigenvalue weighted by molar-refractivity contribution is 5.68. The molecule has 0 atom stereocenters. The van der Waals surface area contributed by atoms with Gasteiger partial charge in [0, 0.05) is 17.5 Å². The van der Waals surface area contributed by atoms with Crippen LogP contribution in [-0.4, -0.2) is 14.5 Å². The lowest BCUT2D eigenvalue weighted by molar-refractivity contribution is 0.517. The zero-order chi connectivity index (χ0) is 17.4. The SMILES string of the molecule is Cc1ccc(-c2cccc(Cn3c(=O)oc4ccc(C)nc43)c2)nc1. The zero-order valence-electron chi connectivity index (χ0n) is 14.1. The van der Waals surface area contributed by atoms with E-state index in [-0.39, 0.29) is 0 Å². The molecule has 0 aliphatic rings. The monoisotopic (exact) mass is 331 g/mol. The second-order valence-electron chi connectivity index (χ2n) is 6.15. The number of rotatable bonds is 3. The van der Waals surface area contributed by atoms with Crippen molar-refractivity contribution < 1.29 is 4.42 Å². The number of benzene rings is 1. The summed E-state index contributed by atoms with van der Waals surface area (Å²) in [5, 5.41) is 0. The molecule has 0 aliphatic carbocycles. The van der Waals surface area contributed by atoms with Crippen LogP contribution in [0.25, 0.3) is 22.5 Å². The number of nitrogens with zero attached hydrogens (tertiary/aromatic N) is 3. The molecule has 0 saturated carbocycles. The average Bonchev–Trinajstić information content (AvgIpc) is 2.91. The maximum absolute atomic E-state index is 12.2. The summed E-state index contributed by atoms with van der Waals surface area (Å²) < 4.78 is 6.85. The lowest BCUT2D eigenvalue weighted by atomic mass is 10.1. The third kappa shape index (κ3) is 2.96. The normalized spacial score (nSPS) is 11.1. The molecule has 5 heteroatoms. The van der Waals surface area contributed by atoms with Crippen LogP contribution in [0.4, 0.5) is 0 Å². The molecule has 25 heavy (non-hydrogen) atoms. The second kappa shape index (κ2) is 6.02. The van der Waals surface area contributed by atoms with Crippen molar-refractivity contribution in [2.45, 2.75) is 20.4 Å². The molecule has 0 spiro atoms. The molecule has 4 rings (SSSR count). The zero-order valence-corrected chi connectivity index (χ0v) is 14.1. The van der Waals surface area contributed by atoms with Crippen LogP contribution in [0.1, 0.15) is 16.8 Å². The van der Waals surface area contributed by atoms with E-state index in [0.717, 1.165) is 28.1 Å². The van der Waals surface area contributed by atoms with E-state index in [2.05, 4.69) is 9.97 Å². The second-order valence-corrected chi connectivity index (χ2v) is 6.15. The van der Waals surface area contributed by atoms with Crippen molar-refractivity contribution in [3.63, 3.8) is 0 Å². The number of hydrogen-bond acceptors (Lipinski definition) is 4. The molecular weight excluding hydrogens is 314 g/mol. The molecule has 1 aromatic carbocycles. The molecule has 3 heterocycles. The minimum absolute atomic E-state index is 0.396. The number of oxazole rings is 1. The predicted molar refractivity (Wildman–Crippen MR) is 96.5 cm³/mol. The summed E-state index contributed by atoms with van der Waals surface area (Å²) in [6, 6.07) is 15.7. The Labute approximate surface area is 144 Å². The molecule has 0 saturated heterocycles. The fourth-order valence-electron chi connectivity index (χ4n) is 2.83. The van der Waals surface area contributed by atoms with Crippen LogP contribution < -0.4 is 5.76 Å². The molecule has 0 fully saturated rings. The molecule has 0 bridgehead atoms. The Bertz CT molecular complexity index is 1110. The van der Waals surface area contributed by atoms with E-state index < -0.39 is 5.76 Å². The fourth-order valence-corrected chi connectivity index (χ4v) is 2.83. The van der Waals surface area contributed by atoms with Gasteiger partial charge in [-0.2, -0.15) is 0 Å². The van der Waals surface area contributed by atoms with E-state index in [0.29, 0.717) is 17.8 Å². The molecule has 4 aromatic rings. The summed E-state index contributed by atoms with van der Waals surface area (Å²) in [7, 11) is 0. The third-order valence-electron chi connectivity index (χ3n) is 4.13. The number of pyridine rings is 2. The van der Waals surface area contributed by atoms with E-state index in [1.54, 1.807) is 10.6 Å². The smallest absolute Gasteiger partial charge is 0.406 e. The molecule has 0 aliphatic heterocycles. The summed E-state index contributed by atoms with van der Waals surface area (Å²) in [4.78, 5) is 21.1. The number of fused-ring (bicyclic) bond motifs is 1. The molecule has 0 N–H and O–H groups in total. The van der Waals surface area contributed by atoms with Gasteiger partial charge in [-0.1, -0.05) is 24.3 Å². The largest absolute Gasteiger partial charge is 0.421 e.